The van der Waals surface area contributed by atoms with Gasteiger partial charge in [0.2, 0.25) is 0 Å². The van der Waals surface area contributed by atoms with E-state index in [-0.39, 0.29) is 6.10 Å². The number of aliphatic hydroxyl groups excluding tert-OH is 1. The molecule has 0 amide bonds. The second-order valence-corrected chi connectivity index (χ2v) is 10.8. The van der Waals surface area contributed by atoms with Gasteiger partial charge >= 0.3 is 0 Å². The highest BCUT2D eigenvalue weighted by Gasteiger charge is 2.21. The van der Waals surface area contributed by atoms with Crippen molar-refractivity contribution in [1.82, 2.24) is 4.90 Å². The predicted octanol–water partition coefficient (Wildman–Crippen LogP) is 7.49. The zero-order chi connectivity index (χ0) is 22.9. The van der Waals surface area contributed by atoms with Gasteiger partial charge in [0.25, 0.3) is 0 Å². The number of fused-ring (bicyclic) bond motifs is 1. The number of unbranched alkanes of at least 4 members (excludes halogenated alkanes) is 1. The normalized spacial score (nSPS) is 22.8. The first-order valence-corrected chi connectivity index (χ1v) is 13.8. The highest BCUT2D eigenvalue weighted by Crippen LogP contribution is 2.34. The SMILES string of the molecule is CCCCC1CCCC(CCC(O)c2ccc3c(c2)CCN(Cc2ccccc2)CC3)CC1. The molecule has 2 nitrogen and oxygen atoms in total. The van der Waals surface area contributed by atoms with Crippen LogP contribution in [0.3, 0.4) is 0 Å². The lowest BCUT2D eigenvalue weighted by atomic mass is 9.90. The molecule has 33 heavy (non-hydrogen) atoms. The molecule has 1 aliphatic carbocycles. The van der Waals surface area contributed by atoms with Crippen molar-refractivity contribution < 1.29 is 5.11 Å². The standard InChI is InChI=1S/C31H45NO/c1-2-3-8-25-11-7-12-26(14-13-25)15-18-31(33)30-17-16-28-19-21-32(22-20-29(28)23-30)24-27-9-5-4-6-10-27/h4-6,9-10,16-17,23,25-26,31,33H,2-3,7-8,11-15,18-22,24H2,1H3. The number of nitrogens with zero attached hydrogens (tertiary/aromatic N) is 1. The van der Waals surface area contributed by atoms with Crippen LogP contribution < -0.4 is 0 Å². The number of hydrogen-bond acceptors (Lipinski definition) is 2. The summed E-state index contributed by atoms with van der Waals surface area (Å²) in [6.45, 7) is 5.56. The molecule has 0 aromatic heterocycles. The van der Waals surface area contributed by atoms with Crippen LogP contribution >= 0.6 is 0 Å². The Morgan fingerprint density at radius 1 is 0.879 bits per heavy atom. The van der Waals surface area contributed by atoms with Crippen LogP contribution in [0, 0.1) is 11.8 Å². The van der Waals surface area contributed by atoms with E-state index >= 15 is 0 Å². The molecular formula is C31H45NO. The van der Waals surface area contributed by atoms with Crippen molar-refractivity contribution in [2.24, 2.45) is 11.8 Å². The van der Waals surface area contributed by atoms with Gasteiger partial charge in [-0.1, -0.05) is 107 Å². The third-order valence-electron chi connectivity index (χ3n) is 8.28. The van der Waals surface area contributed by atoms with E-state index in [0.717, 1.165) is 56.3 Å². The Bertz CT molecular complexity index is 832. The highest BCUT2D eigenvalue weighted by atomic mass is 16.3. The maximum absolute atomic E-state index is 11.0. The first-order valence-electron chi connectivity index (χ1n) is 13.8. The van der Waals surface area contributed by atoms with E-state index in [4.69, 9.17) is 0 Å². The van der Waals surface area contributed by atoms with Gasteiger partial charge < -0.3 is 5.11 Å². The molecule has 3 unspecified atom stereocenters. The van der Waals surface area contributed by atoms with Gasteiger partial charge in [0.15, 0.2) is 0 Å². The third kappa shape index (κ3) is 7.42. The molecule has 1 aliphatic heterocycles. The van der Waals surface area contributed by atoms with Crippen LogP contribution in [0.1, 0.15) is 99.5 Å². The molecule has 1 heterocycles. The summed E-state index contributed by atoms with van der Waals surface area (Å²) in [5.74, 6) is 1.78. The first-order chi connectivity index (χ1) is 16.2. The molecule has 2 aliphatic rings. The van der Waals surface area contributed by atoms with Crippen LogP contribution in [0.2, 0.25) is 0 Å². The zero-order valence-electron chi connectivity index (χ0n) is 20.9. The van der Waals surface area contributed by atoms with Crippen molar-refractivity contribution in [2.45, 2.75) is 96.6 Å². The second-order valence-electron chi connectivity index (χ2n) is 10.8. The fraction of sp³-hybridized carbons (Fsp3) is 0.613. The number of aliphatic hydroxyl groups is 1. The topological polar surface area (TPSA) is 23.5 Å². The van der Waals surface area contributed by atoms with Crippen LogP contribution in [0.4, 0.5) is 0 Å². The summed E-state index contributed by atoms with van der Waals surface area (Å²) in [5, 5.41) is 11.0. The lowest BCUT2D eigenvalue weighted by molar-refractivity contribution is 0.154. The molecule has 0 bridgehead atoms. The Kier molecular flexibility index (Phi) is 9.44. The fourth-order valence-electron chi connectivity index (χ4n) is 6.08. The van der Waals surface area contributed by atoms with Gasteiger partial charge in [-0.3, -0.25) is 4.90 Å². The molecule has 0 saturated heterocycles. The van der Waals surface area contributed by atoms with Gasteiger partial charge in [-0.05, 0) is 59.8 Å². The van der Waals surface area contributed by atoms with Crippen LogP contribution in [0.25, 0.3) is 0 Å². The van der Waals surface area contributed by atoms with Crippen LogP contribution in [0.15, 0.2) is 48.5 Å². The Morgan fingerprint density at radius 2 is 1.61 bits per heavy atom. The summed E-state index contributed by atoms with van der Waals surface area (Å²) in [5.41, 5.74) is 5.47. The number of hydrogen-bond donors (Lipinski definition) is 1. The average molecular weight is 448 g/mol. The van der Waals surface area contributed by atoms with E-state index in [1.807, 2.05) is 0 Å². The van der Waals surface area contributed by atoms with E-state index < -0.39 is 0 Å². The monoisotopic (exact) mass is 447 g/mol. The maximum atomic E-state index is 11.0. The molecule has 3 atom stereocenters. The minimum absolute atomic E-state index is 0.307. The van der Waals surface area contributed by atoms with Gasteiger partial charge in [-0.25, -0.2) is 0 Å². The molecule has 1 saturated carbocycles. The summed E-state index contributed by atoms with van der Waals surface area (Å²) < 4.78 is 0. The predicted molar refractivity (Wildman–Crippen MR) is 139 cm³/mol. The van der Waals surface area contributed by atoms with Crippen molar-refractivity contribution in [2.75, 3.05) is 13.1 Å². The Balaban J connectivity index is 1.27. The highest BCUT2D eigenvalue weighted by molar-refractivity contribution is 5.34. The molecule has 0 spiro atoms. The van der Waals surface area contributed by atoms with Gasteiger partial charge in [-0.2, -0.15) is 0 Å². The molecule has 180 valence electrons. The number of rotatable bonds is 9. The zero-order valence-corrected chi connectivity index (χ0v) is 20.9. The number of benzene rings is 2. The summed E-state index contributed by atoms with van der Waals surface area (Å²) >= 11 is 0. The fourth-order valence-corrected chi connectivity index (χ4v) is 6.08. The van der Waals surface area contributed by atoms with Crippen molar-refractivity contribution >= 4 is 0 Å². The van der Waals surface area contributed by atoms with Crippen molar-refractivity contribution in [3.05, 3.63) is 70.8 Å². The molecule has 2 heteroatoms. The smallest absolute Gasteiger partial charge is 0.0790 e. The Hall–Kier alpha value is -1.64. The van der Waals surface area contributed by atoms with Crippen molar-refractivity contribution in [3.8, 4) is 0 Å². The van der Waals surface area contributed by atoms with E-state index in [9.17, 15) is 5.11 Å². The molecule has 1 fully saturated rings. The van der Waals surface area contributed by atoms with Crippen molar-refractivity contribution in [3.63, 3.8) is 0 Å². The van der Waals surface area contributed by atoms with Gasteiger partial charge in [0.1, 0.15) is 0 Å². The molecule has 1 N–H and O–H groups in total. The molecule has 0 radical (unpaired) electrons. The molecule has 2 aromatic carbocycles. The Morgan fingerprint density at radius 3 is 2.36 bits per heavy atom. The largest absolute Gasteiger partial charge is 0.388 e. The summed E-state index contributed by atoms with van der Waals surface area (Å²) in [6.07, 6.45) is 15.2. The van der Waals surface area contributed by atoms with Gasteiger partial charge in [-0.15, -0.1) is 0 Å². The Labute approximate surface area is 202 Å². The summed E-state index contributed by atoms with van der Waals surface area (Å²) in [6, 6.07) is 17.6. The van der Waals surface area contributed by atoms with E-state index in [0.29, 0.717) is 0 Å². The minimum Gasteiger partial charge on any atom is -0.388 e. The van der Waals surface area contributed by atoms with Crippen LogP contribution in [0.5, 0.6) is 0 Å². The second kappa shape index (κ2) is 12.7. The molecule has 4 rings (SSSR count). The van der Waals surface area contributed by atoms with E-state index in [1.165, 1.54) is 74.5 Å². The molecular weight excluding hydrogens is 402 g/mol. The first kappa shape index (κ1) is 24.5. The van der Waals surface area contributed by atoms with E-state index in [1.54, 1.807) is 0 Å². The van der Waals surface area contributed by atoms with Crippen molar-refractivity contribution in [1.29, 1.82) is 0 Å². The van der Waals surface area contributed by atoms with Gasteiger partial charge in [0.05, 0.1) is 6.10 Å². The lowest BCUT2D eigenvalue weighted by Crippen LogP contribution is -2.25. The molecule has 2 aromatic rings. The lowest BCUT2D eigenvalue weighted by Gasteiger charge is -2.19. The quantitative estimate of drug-likeness (QED) is 0.403. The third-order valence-corrected chi connectivity index (χ3v) is 8.28. The minimum atomic E-state index is -0.307. The van der Waals surface area contributed by atoms with Crippen LogP contribution in [-0.2, 0) is 19.4 Å². The van der Waals surface area contributed by atoms with Gasteiger partial charge in [0, 0.05) is 19.6 Å². The summed E-state index contributed by atoms with van der Waals surface area (Å²) in [4.78, 5) is 2.57. The van der Waals surface area contributed by atoms with Crippen LogP contribution in [-0.4, -0.2) is 23.1 Å². The summed E-state index contributed by atoms with van der Waals surface area (Å²) in [7, 11) is 0. The van der Waals surface area contributed by atoms with E-state index in [2.05, 4.69) is 60.4 Å². The average Bonchev–Trinajstić information content (AvgIpc) is 3.20. The maximum Gasteiger partial charge on any atom is 0.0790 e.